The van der Waals surface area contributed by atoms with Gasteiger partial charge in [0.2, 0.25) is 0 Å². The lowest BCUT2D eigenvalue weighted by atomic mass is 10.3. The second-order valence-corrected chi connectivity index (χ2v) is 3.71. The van der Waals surface area contributed by atoms with E-state index in [4.69, 9.17) is 0 Å². The Balaban J connectivity index is 2.00. The SMILES string of the molecule is OC(CNCC(F)F)CN1CCCC1. The van der Waals surface area contributed by atoms with Crippen LogP contribution in [0.5, 0.6) is 0 Å². The zero-order valence-electron chi connectivity index (χ0n) is 8.25. The first-order chi connectivity index (χ1) is 6.68. The molecule has 0 aromatic heterocycles. The molecule has 1 unspecified atom stereocenters. The number of aliphatic hydroxyl groups excluding tert-OH is 1. The van der Waals surface area contributed by atoms with Gasteiger partial charge in [-0.3, -0.25) is 0 Å². The summed E-state index contributed by atoms with van der Waals surface area (Å²) in [5, 5.41) is 12.0. The highest BCUT2D eigenvalue weighted by atomic mass is 19.3. The smallest absolute Gasteiger partial charge is 0.250 e. The van der Waals surface area contributed by atoms with Crippen LogP contribution in [0.15, 0.2) is 0 Å². The predicted molar refractivity (Wildman–Crippen MR) is 50.6 cm³/mol. The van der Waals surface area contributed by atoms with Gasteiger partial charge in [0.1, 0.15) is 0 Å². The van der Waals surface area contributed by atoms with E-state index in [1.54, 1.807) is 0 Å². The summed E-state index contributed by atoms with van der Waals surface area (Å²) in [6.07, 6.45) is -0.519. The van der Waals surface area contributed by atoms with Crippen LogP contribution in [0.3, 0.4) is 0 Å². The number of aliphatic hydroxyl groups is 1. The molecule has 1 rings (SSSR count). The van der Waals surface area contributed by atoms with Gasteiger partial charge in [-0.2, -0.15) is 0 Å². The molecule has 3 nitrogen and oxygen atoms in total. The second kappa shape index (κ2) is 6.27. The van der Waals surface area contributed by atoms with Crippen molar-refractivity contribution in [1.82, 2.24) is 10.2 Å². The van der Waals surface area contributed by atoms with Crippen LogP contribution in [0.1, 0.15) is 12.8 Å². The summed E-state index contributed by atoms with van der Waals surface area (Å²) in [6, 6.07) is 0. The van der Waals surface area contributed by atoms with Gasteiger partial charge in [0.25, 0.3) is 6.43 Å². The van der Waals surface area contributed by atoms with Crippen molar-refractivity contribution in [2.45, 2.75) is 25.4 Å². The zero-order valence-corrected chi connectivity index (χ0v) is 8.25. The van der Waals surface area contributed by atoms with Crippen molar-refractivity contribution in [2.75, 3.05) is 32.7 Å². The Kier molecular flexibility index (Phi) is 5.29. The van der Waals surface area contributed by atoms with Crippen LogP contribution in [0.2, 0.25) is 0 Å². The molecule has 0 saturated carbocycles. The minimum absolute atomic E-state index is 0.251. The van der Waals surface area contributed by atoms with Crippen molar-refractivity contribution < 1.29 is 13.9 Å². The monoisotopic (exact) mass is 208 g/mol. The molecule has 14 heavy (non-hydrogen) atoms. The first kappa shape index (κ1) is 11.8. The first-order valence-corrected chi connectivity index (χ1v) is 5.08. The summed E-state index contributed by atoms with van der Waals surface area (Å²) in [5.74, 6) is 0. The Morgan fingerprint density at radius 1 is 1.21 bits per heavy atom. The van der Waals surface area contributed by atoms with Crippen molar-refractivity contribution >= 4 is 0 Å². The van der Waals surface area contributed by atoms with Crippen LogP contribution in [0.25, 0.3) is 0 Å². The molecule has 1 heterocycles. The molecule has 0 amide bonds. The van der Waals surface area contributed by atoms with Gasteiger partial charge in [0.05, 0.1) is 12.6 Å². The van der Waals surface area contributed by atoms with Crippen molar-refractivity contribution in [3.05, 3.63) is 0 Å². The van der Waals surface area contributed by atoms with Crippen LogP contribution in [0.4, 0.5) is 8.78 Å². The highest BCUT2D eigenvalue weighted by molar-refractivity contribution is 4.71. The third kappa shape index (κ3) is 4.83. The van der Waals surface area contributed by atoms with Crippen molar-refractivity contribution in [2.24, 2.45) is 0 Å². The quantitative estimate of drug-likeness (QED) is 0.659. The van der Waals surface area contributed by atoms with E-state index in [0.717, 1.165) is 13.1 Å². The van der Waals surface area contributed by atoms with Crippen LogP contribution >= 0.6 is 0 Å². The van der Waals surface area contributed by atoms with E-state index in [1.807, 2.05) is 0 Å². The van der Waals surface area contributed by atoms with Crippen LogP contribution in [0, 0.1) is 0 Å². The fraction of sp³-hybridized carbons (Fsp3) is 1.00. The van der Waals surface area contributed by atoms with Crippen molar-refractivity contribution in [3.8, 4) is 0 Å². The Labute approximate surface area is 83.1 Å². The molecule has 1 atom stereocenters. The molecule has 5 heteroatoms. The third-order valence-corrected chi connectivity index (χ3v) is 2.35. The lowest BCUT2D eigenvalue weighted by molar-refractivity contribution is 0.108. The summed E-state index contributed by atoms with van der Waals surface area (Å²) < 4.78 is 23.5. The molecule has 0 radical (unpaired) electrons. The molecule has 0 bridgehead atoms. The molecule has 1 saturated heterocycles. The fourth-order valence-corrected chi connectivity index (χ4v) is 1.69. The largest absolute Gasteiger partial charge is 0.390 e. The fourth-order valence-electron chi connectivity index (χ4n) is 1.69. The average molecular weight is 208 g/mol. The van der Waals surface area contributed by atoms with E-state index in [-0.39, 0.29) is 13.1 Å². The standard InChI is InChI=1S/C9H18F2N2O/c10-9(11)6-12-5-8(14)7-13-3-1-2-4-13/h8-9,12,14H,1-7H2. The topological polar surface area (TPSA) is 35.5 Å². The number of alkyl halides is 2. The lowest BCUT2D eigenvalue weighted by Gasteiger charge is -2.19. The van der Waals surface area contributed by atoms with Crippen LogP contribution in [-0.4, -0.2) is 55.3 Å². The Hall–Kier alpha value is -0.260. The van der Waals surface area contributed by atoms with Crippen LogP contribution in [-0.2, 0) is 0 Å². The molecule has 1 fully saturated rings. The molecular weight excluding hydrogens is 190 g/mol. The second-order valence-electron chi connectivity index (χ2n) is 3.71. The summed E-state index contributed by atoms with van der Waals surface area (Å²) in [5.41, 5.74) is 0. The van der Waals surface area contributed by atoms with E-state index in [9.17, 15) is 13.9 Å². The number of halogens is 2. The molecule has 2 N–H and O–H groups in total. The van der Waals surface area contributed by atoms with Gasteiger partial charge in [0, 0.05) is 13.1 Å². The summed E-state index contributed by atoms with van der Waals surface area (Å²) in [7, 11) is 0. The van der Waals surface area contributed by atoms with Crippen molar-refractivity contribution in [1.29, 1.82) is 0 Å². The maximum absolute atomic E-state index is 11.7. The number of nitrogens with one attached hydrogen (secondary N) is 1. The van der Waals surface area contributed by atoms with E-state index >= 15 is 0 Å². The maximum Gasteiger partial charge on any atom is 0.250 e. The molecule has 1 aliphatic rings. The molecule has 1 aliphatic heterocycles. The number of β-amino-alcohol motifs (C(OH)–C–C–N with tert-alkyl or cyclic N) is 1. The summed E-state index contributed by atoms with van der Waals surface area (Å²) in [4.78, 5) is 2.16. The minimum Gasteiger partial charge on any atom is -0.390 e. The molecule has 0 aliphatic carbocycles. The highest BCUT2D eigenvalue weighted by Gasteiger charge is 2.15. The third-order valence-electron chi connectivity index (χ3n) is 2.35. The number of hydrogen-bond donors (Lipinski definition) is 2. The van der Waals surface area contributed by atoms with E-state index in [0.29, 0.717) is 6.54 Å². The zero-order chi connectivity index (χ0) is 10.4. The van der Waals surface area contributed by atoms with E-state index < -0.39 is 12.5 Å². The molecule has 0 aromatic carbocycles. The Morgan fingerprint density at radius 3 is 2.43 bits per heavy atom. The van der Waals surface area contributed by atoms with Gasteiger partial charge in [0.15, 0.2) is 0 Å². The number of nitrogens with zero attached hydrogens (tertiary/aromatic N) is 1. The Morgan fingerprint density at radius 2 is 1.86 bits per heavy atom. The predicted octanol–water partition coefficient (Wildman–Crippen LogP) is 0.298. The molecule has 84 valence electrons. The minimum atomic E-state index is -2.34. The van der Waals surface area contributed by atoms with Gasteiger partial charge in [-0.05, 0) is 25.9 Å². The van der Waals surface area contributed by atoms with Gasteiger partial charge < -0.3 is 15.3 Å². The van der Waals surface area contributed by atoms with Crippen molar-refractivity contribution in [3.63, 3.8) is 0 Å². The average Bonchev–Trinajstić information content (AvgIpc) is 2.56. The van der Waals surface area contributed by atoms with Gasteiger partial charge >= 0.3 is 0 Å². The Bertz CT molecular complexity index is 152. The molecular formula is C9H18F2N2O. The van der Waals surface area contributed by atoms with Crippen LogP contribution < -0.4 is 5.32 Å². The van der Waals surface area contributed by atoms with Gasteiger partial charge in [-0.25, -0.2) is 8.78 Å². The first-order valence-electron chi connectivity index (χ1n) is 5.08. The number of hydrogen-bond acceptors (Lipinski definition) is 3. The van der Waals surface area contributed by atoms with Gasteiger partial charge in [-0.1, -0.05) is 0 Å². The van der Waals surface area contributed by atoms with E-state index in [1.165, 1.54) is 12.8 Å². The van der Waals surface area contributed by atoms with E-state index in [2.05, 4.69) is 10.2 Å². The maximum atomic E-state index is 11.7. The number of rotatable bonds is 6. The normalized spacial score (nSPS) is 20.6. The highest BCUT2D eigenvalue weighted by Crippen LogP contribution is 2.07. The lowest BCUT2D eigenvalue weighted by Crippen LogP contribution is -2.38. The molecule has 0 aromatic rings. The van der Waals surface area contributed by atoms with Gasteiger partial charge in [-0.15, -0.1) is 0 Å². The summed E-state index contributed by atoms with van der Waals surface area (Å²) >= 11 is 0. The molecule has 0 spiro atoms. The summed E-state index contributed by atoms with van der Waals surface area (Å²) in [6.45, 7) is 2.55. The number of likely N-dealkylation sites (tertiary alicyclic amines) is 1.